The molecule has 142 valence electrons. The summed E-state index contributed by atoms with van der Waals surface area (Å²) in [6.07, 6.45) is 0.568. The Bertz CT molecular complexity index is 793. The number of rotatable bonds is 9. The normalized spacial score (nSPS) is 12.3. The SMILES string of the molecule is CCOCCCN(CC(C)C(=O)O)C(=O)c1[nH]c2ccc(F)cc2c1Cl. The van der Waals surface area contributed by atoms with Gasteiger partial charge in [-0.2, -0.15) is 0 Å². The monoisotopic (exact) mass is 384 g/mol. The van der Waals surface area contributed by atoms with E-state index in [9.17, 15) is 14.0 Å². The topological polar surface area (TPSA) is 82.6 Å². The van der Waals surface area contributed by atoms with E-state index in [1.54, 1.807) is 0 Å². The number of aromatic amines is 1. The highest BCUT2D eigenvalue weighted by molar-refractivity contribution is 6.38. The van der Waals surface area contributed by atoms with Crippen molar-refractivity contribution in [3.8, 4) is 0 Å². The number of carboxylic acid groups (broad SMARTS) is 1. The third-order valence-corrected chi connectivity index (χ3v) is 4.43. The van der Waals surface area contributed by atoms with E-state index in [2.05, 4.69) is 4.98 Å². The van der Waals surface area contributed by atoms with Gasteiger partial charge in [0.25, 0.3) is 5.91 Å². The van der Waals surface area contributed by atoms with E-state index in [-0.39, 0.29) is 17.3 Å². The van der Waals surface area contributed by atoms with Crippen LogP contribution in [0.15, 0.2) is 18.2 Å². The number of aromatic nitrogens is 1. The fraction of sp³-hybridized carbons (Fsp3) is 0.444. The van der Waals surface area contributed by atoms with Gasteiger partial charge in [-0.3, -0.25) is 9.59 Å². The maximum Gasteiger partial charge on any atom is 0.308 e. The van der Waals surface area contributed by atoms with Crippen LogP contribution in [0.4, 0.5) is 4.39 Å². The average molecular weight is 385 g/mol. The number of H-pyrrole nitrogens is 1. The van der Waals surface area contributed by atoms with E-state index < -0.39 is 23.6 Å². The first-order valence-electron chi connectivity index (χ1n) is 8.41. The number of carbonyl (C=O) groups excluding carboxylic acids is 1. The van der Waals surface area contributed by atoms with Crippen molar-refractivity contribution in [3.63, 3.8) is 0 Å². The summed E-state index contributed by atoms with van der Waals surface area (Å²) in [5.74, 6) is -2.59. The molecule has 1 aromatic heterocycles. The second kappa shape index (κ2) is 9.00. The first kappa shape index (κ1) is 20.2. The highest BCUT2D eigenvalue weighted by Crippen LogP contribution is 2.29. The molecule has 2 aromatic rings. The molecule has 0 saturated carbocycles. The maximum absolute atomic E-state index is 13.4. The molecule has 1 unspecified atom stereocenters. The minimum atomic E-state index is -0.988. The van der Waals surface area contributed by atoms with Gasteiger partial charge < -0.3 is 19.7 Å². The molecule has 0 aliphatic rings. The molecule has 8 heteroatoms. The van der Waals surface area contributed by atoms with Gasteiger partial charge >= 0.3 is 5.97 Å². The third-order valence-electron chi connectivity index (χ3n) is 4.03. The minimum absolute atomic E-state index is 0.0420. The molecule has 6 nitrogen and oxygen atoms in total. The summed E-state index contributed by atoms with van der Waals surface area (Å²) in [5.41, 5.74) is 0.668. The van der Waals surface area contributed by atoms with Crippen molar-refractivity contribution < 1.29 is 23.8 Å². The van der Waals surface area contributed by atoms with Crippen molar-refractivity contribution in [2.75, 3.05) is 26.3 Å². The number of nitrogens with zero attached hydrogens (tertiary/aromatic N) is 1. The summed E-state index contributed by atoms with van der Waals surface area (Å²) in [4.78, 5) is 28.4. The van der Waals surface area contributed by atoms with Crippen molar-refractivity contribution in [3.05, 3.63) is 34.7 Å². The average Bonchev–Trinajstić information content (AvgIpc) is 2.93. The molecule has 2 N–H and O–H groups in total. The van der Waals surface area contributed by atoms with Crippen LogP contribution in [0, 0.1) is 11.7 Å². The molecule has 0 spiro atoms. The Balaban J connectivity index is 2.26. The van der Waals surface area contributed by atoms with Crippen LogP contribution in [-0.4, -0.2) is 53.2 Å². The van der Waals surface area contributed by atoms with Gasteiger partial charge in [0.15, 0.2) is 0 Å². The van der Waals surface area contributed by atoms with Gasteiger partial charge in [0, 0.05) is 37.2 Å². The van der Waals surface area contributed by atoms with Gasteiger partial charge in [-0.1, -0.05) is 18.5 Å². The second-order valence-electron chi connectivity index (χ2n) is 6.04. The fourth-order valence-corrected chi connectivity index (χ4v) is 2.91. The molecule has 0 bridgehead atoms. The minimum Gasteiger partial charge on any atom is -0.481 e. The number of hydrogen-bond acceptors (Lipinski definition) is 3. The van der Waals surface area contributed by atoms with Crippen molar-refractivity contribution in [2.24, 2.45) is 5.92 Å². The van der Waals surface area contributed by atoms with Gasteiger partial charge in [-0.15, -0.1) is 0 Å². The molecule has 0 aliphatic carbocycles. The number of hydrogen-bond donors (Lipinski definition) is 2. The number of ether oxygens (including phenoxy) is 1. The zero-order chi connectivity index (χ0) is 19.3. The molecule has 0 saturated heterocycles. The summed E-state index contributed by atoms with van der Waals surface area (Å²) < 4.78 is 18.7. The van der Waals surface area contributed by atoms with E-state index in [0.29, 0.717) is 37.1 Å². The quantitative estimate of drug-likeness (QED) is 0.648. The summed E-state index contributed by atoms with van der Waals surface area (Å²) in [5, 5.41) is 9.69. The molecular weight excluding hydrogens is 363 g/mol. The van der Waals surface area contributed by atoms with Crippen LogP contribution < -0.4 is 0 Å². The molecule has 1 heterocycles. The fourth-order valence-electron chi connectivity index (χ4n) is 2.62. The summed E-state index contributed by atoms with van der Waals surface area (Å²) in [6, 6.07) is 4.03. The Hall–Kier alpha value is -2.12. The number of benzene rings is 1. The lowest BCUT2D eigenvalue weighted by molar-refractivity contribution is -0.141. The number of nitrogens with one attached hydrogen (secondary N) is 1. The number of carbonyl (C=O) groups is 2. The van der Waals surface area contributed by atoms with Crippen LogP contribution in [0.5, 0.6) is 0 Å². The second-order valence-corrected chi connectivity index (χ2v) is 6.42. The molecule has 2 rings (SSSR count). The molecule has 26 heavy (non-hydrogen) atoms. The predicted octanol–water partition coefficient (Wildman–Crippen LogP) is 3.55. The lowest BCUT2D eigenvalue weighted by Gasteiger charge is -2.24. The molecular formula is C18H22ClFN2O4. The third kappa shape index (κ3) is 4.74. The number of carboxylic acids is 1. The summed E-state index contributed by atoms with van der Waals surface area (Å²) in [6.45, 7) is 4.81. The Morgan fingerprint density at radius 2 is 2.15 bits per heavy atom. The van der Waals surface area contributed by atoms with E-state index >= 15 is 0 Å². The van der Waals surface area contributed by atoms with Gasteiger partial charge in [0.05, 0.1) is 10.9 Å². The van der Waals surface area contributed by atoms with Crippen molar-refractivity contribution in [1.82, 2.24) is 9.88 Å². The van der Waals surface area contributed by atoms with E-state index in [0.717, 1.165) is 0 Å². The smallest absolute Gasteiger partial charge is 0.308 e. The Morgan fingerprint density at radius 1 is 1.42 bits per heavy atom. The number of aliphatic carboxylic acids is 1. The predicted molar refractivity (Wildman–Crippen MR) is 97.1 cm³/mol. The Morgan fingerprint density at radius 3 is 2.81 bits per heavy atom. The van der Waals surface area contributed by atoms with Crippen LogP contribution in [-0.2, 0) is 9.53 Å². The molecule has 0 fully saturated rings. The van der Waals surface area contributed by atoms with Gasteiger partial charge in [-0.05, 0) is 31.5 Å². The van der Waals surface area contributed by atoms with Crippen molar-refractivity contribution in [2.45, 2.75) is 20.3 Å². The molecule has 1 atom stereocenters. The van der Waals surface area contributed by atoms with Gasteiger partial charge in [0.2, 0.25) is 0 Å². The van der Waals surface area contributed by atoms with Crippen LogP contribution >= 0.6 is 11.6 Å². The molecule has 1 aromatic carbocycles. The van der Waals surface area contributed by atoms with E-state index in [4.69, 9.17) is 21.4 Å². The van der Waals surface area contributed by atoms with Crippen molar-refractivity contribution in [1.29, 1.82) is 0 Å². The molecule has 0 aliphatic heterocycles. The number of amides is 1. The zero-order valence-corrected chi connectivity index (χ0v) is 15.5. The van der Waals surface area contributed by atoms with Gasteiger partial charge in [-0.25, -0.2) is 4.39 Å². The summed E-state index contributed by atoms with van der Waals surface area (Å²) >= 11 is 6.26. The Labute approximate surface area is 155 Å². The largest absolute Gasteiger partial charge is 0.481 e. The van der Waals surface area contributed by atoms with Crippen LogP contribution in [0.2, 0.25) is 5.02 Å². The Kier molecular flexibility index (Phi) is 6.99. The first-order chi connectivity index (χ1) is 12.3. The molecule has 1 amide bonds. The van der Waals surface area contributed by atoms with Gasteiger partial charge in [0.1, 0.15) is 11.5 Å². The highest BCUT2D eigenvalue weighted by atomic mass is 35.5. The van der Waals surface area contributed by atoms with Crippen molar-refractivity contribution >= 4 is 34.4 Å². The van der Waals surface area contributed by atoms with Crippen LogP contribution in [0.1, 0.15) is 30.8 Å². The van der Waals surface area contributed by atoms with Crippen LogP contribution in [0.25, 0.3) is 10.9 Å². The van der Waals surface area contributed by atoms with Crippen LogP contribution in [0.3, 0.4) is 0 Å². The standard InChI is InChI=1S/C18H22ClFN2O4/c1-3-26-8-4-7-22(10-11(2)18(24)25)17(23)16-15(19)13-9-12(20)5-6-14(13)21-16/h5-6,9,11,21H,3-4,7-8,10H2,1-2H3,(H,24,25). The number of halogens is 2. The number of fused-ring (bicyclic) bond motifs is 1. The lowest BCUT2D eigenvalue weighted by Crippen LogP contribution is -2.38. The first-order valence-corrected chi connectivity index (χ1v) is 8.79. The zero-order valence-electron chi connectivity index (χ0n) is 14.7. The molecule has 0 radical (unpaired) electrons. The van der Waals surface area contributed by atoms with E-state index in [1.165, 1.54) is 30.0 Å². The lowest BCUT2D eigenvalue weighted by atomic mass is 10.1. The summed E-state index contributed by atoms with van der Waals surface area (Å²) in [7, 11) is 0. The van der Waals surface area contributed by atoms with E-state index in [1.807, 2.05) is 6.92 Å². The maximum atomic E-state index is 13.4. The highest BCUT2D eigenvalue weighted by Gasteiger charge is 2.25.